The highest BCUT2D eigenvalue weighted by atomic mass is 15.1. The van der Waals surface area contributed by atoms with E-state index in [0.29, 0.717) is 0 Å². The zero-order valence-electron chi connectivity index (χ0n) is 26.2. The number of para-hydroxylation sites is 1. The van der Waals surface area contributed by atoms with Crippen molar-refractivity contribution in [3.05, 3.63) is 187 Å². The van der Waals surface area contributed by atoms with Crippen LogP contribution >= 0.6 is 0 Å². The largest absolute Gasteiger partial charge is 0.309 e. The van der Waals surface area contributed by atoms with Crippen LogP contribution in [0.1, 0.15) is 25.0 Å². The first-order valence-corrected chi connectivity index (χ1v) is 16.0. The van der Waals surface area contributed by atoms with Gasteiger partial charge in [-0.3, -0.25) is 0 Å². The van der Waals surface area contributed by atoms with Crippen LogP contribution in [0.3, 0.4) is 0 Å². The monoisotopic (exact) mass is 589 g/mol. The second kappa shape index (κ2) is 11.4. The molecule has 7 aromatic rings. The van der Waals surface area contributed by atoms with E-state index in [9.17, 15) is 0 Å². The van der Waals surface area contributed by atoms with Crippen molar-refractivity contribution in [2.75, 3.05) is 4.90 Å². The highest BCUT2D eigenvalue weighted by Crippen LogP contribution is 2.55. The summed E-state index contributed by atoms with van der Waals surface area (Å²) in [5.74, 6) is 0. The van der Waals surface area contributed by atoms with E-state index in [2.05, 4.69) is 195 Å². The molecule has 0 fully saturated rings. The zero-order chi connectivity index (χ0) is 31.1. The lowest BCUT2D eigenvalue weighted by Crippen LogP contribution is -2.16. The summed E-state index contributed by atoms with van der Waals surface area (Å²) in [7, 11) is 0. The number of rotatable bonds is 6. The molecule has 0 aliphatic heterocycles. The Bertz CT molecular complexity index is 2100. The van der Waals surface area contributed by atoms with Gasteiger partial charge in [-0.25, -0.2) is 0 Å². The molecule has 0 spiro atoms. The molecule has 0 unspecified atom stereocenters. The van der Waals surface area contributed by atoms with Crippen molar-refractivity contribution in [2.24, 2.45) is 0 Å². The van der Waals surface area contributed by atoms with E-state index in [1.54, 1.807) is 0 Å². The molecule has 46 heavy (non-hydrogen) atoms. The summed E-state index contributed by atoms with van der Waals surface area (Å²) >= 11 is 0. The minimum absolute atomic E-state index is 0.104. The third-order valence-electron chi connectivity index (χ3n) is 9.45. The first kappa shape index (κ1) is 27.9. The van der Waals surface area contributed by atoms with Gasteiger partial charge < -0.3 is 4.90 Å². The predicted octanol–water partition coefficient (Wildman–Crippen LogP) is 12.5. The van der Waals surface area contributed by atoms with Crippen molar-refractivity contribution in [1.29, 1.82) is 0 Å². The summed E-state index contributed by atoms with van der Waals surface area (Å²) < 4.78 is 0. The molecular weight excluding hydrogens is 555 g/mol. The average molecular weight is 590 g/mol. The van der Waals surface area contributed by atoms with Crippen molar-refractivity contribution >= 4 is 17.1 Å². The van der Waals surface area contributed by atoms with E-state index >= 15 is 0 Å². The van der Waals surface area contributed by atoms with Crippen molar-refractivity contribution in [3.63, 3.8) is 0 Å². The van der Waals surface area contributed by atoms with Gasteiger partial charge in [0.2, 0.25) is 0 Å². The van der Waals surface area contributed by atoms with Crippen LogP contribution in [0, 0.1) is 0 Å². The maximum Gasteiger partial charge on any atom is 0.0543 e. The smallest absolute Gasteiger partial charge is 0.0543 e. The fourth-order valence-electron chi connectivity index (χ4n) is 7.19. The van der Waals surface area contributed by atoms with Crippen molar-refractivity contribution in [2.45, 2.75) is 19.3 Å². The molecule has 0 heterocycles. The van der Waals surface area contributed by atoms with Crippen molar-refractivity contribution in [3.8, 4) is 44.5 Å². The van der Waals surface area contributed by atoms with Crippen LogP contribution in [0.2, 0.25) is 0 Å². The summed E-state index contributed by atoms with van der Waals surface area (Å²) in [5, 5.41) is 0. The van der Waals surface area contributed by atoms with Crippen molar-refractivity contribution < 1.29 is 0 Å². The van der Waals surface area contributed by atoms with E-state index in [0.717, 1.165) is 11.4 Å². The summed E-state index contributed by atoms with van der Waals surface area (Å²) in [4.78, 5) is 2.50. The third kappa shape index (κ3) is 4.73. The van der Waals surface area contributed by atoms with E-state index < -0.39 is 0 Å². The molecule has 1 aliphatic carbocycles. The van der Waals surface area contributed by atoms with E-state index in [4.69, 9.17) is 0 Å². The average Bonchev–Trinajstić information content (AvgIpc) is 3.36. The van der Waals surface area contributed by atoms with Crippen LogP contribution < -0.4 is 4.90 Å². The highest BCUT2D eigenvalue weighted by Gasteiger charge is 2.38. The SMILES string of the molecule is CC1(C)c2ccccc2-c2c(N(c3cc(-c4ccccc4)cc(-c4ccccc4)c3)c3ccccc3-c3ccccc3)cccc21. The number of hydrogen-bond acceptors (Lipinski definition) is 1. The minimum Gasteiger partial charge on any atom is -0.309 e. The molecule has 0 radical (unpaired) electrons. The van der Waals surface area contributed by atoms with Gasteiger partial charge in [-0.2, -0.15) is 0 Å². The molecule has 0 atom stereocenters. The molecule has 7 aromatic carbocycles. The number of hydrogen-bond donors (Lipinski definition) is 0. The molecule has 0 N–H and O–H groups in total. The molecule has 0 bridgehead atoms. The topological polar surface area (TPSA) is 3.24 Å². The van der Waals surface area contributed by atoms with Crippen LogP contribution in [0.15, 0.2) is 176 Å². The molecular formula is C45H35N. The summed E-state index contributed by atoms with van der Waals surface area (Å²) in [6, 6.07) is 63.9. The van der Waals surface area contributed by atoms with E-state index in [1.807, 2.05) is 0 Å². The maximum absolute atomic E-state index is 2.50. The van der Waals surface area contributed by atoms with Crippen LogP contribution in [0.25, 0.3) is 44.5 Å². The quantitative estimate of drug-likeness (QED) is 0.186. The third-order valence-corrected chi connectivity index (χ3v) is 9.45. The number of fused-ring (bicyclic) bond motifs is 3. The summed E-state index contributed by atoms with van der Waals surface area (Å²) in [6.45, 7) is 4.71. The fourth-order valence-corrected chi connectivity index (χ4v) is 7.19. The zero-order valence-corrected chi connectivity index (χ0v) is 26.2. The lowest BCUT2D eigenvalue weighted by atomic mass is 9.82. The Morgan fingerprint density at radius 3 is 1.48 bits per heavy atom. The molecule has 0 aromatic heterocycles. The molecule has 1 heteroatoms. The number of nitrogens with zero attached hydrogens (tertiary/aromatic N) is 1. The van der Waals surface area contributed by atoms with Gasteiger partial charge in [-0.05, 0) is 74.8 Å². The molecule has 0 amide bonds. The Labute approximate surface area is 272 Å². The molecule has 8 rings (SSSR count). The Balaban J connectivity index is 1.46. The van der Waals surface area contributed by atoms with Gasteiger partial charge in [0.25, 0.3) is 0 Å². The van der Waals surface area contributed by atoms with Crippen LogP contribution in [0.5, 0.6) is 0 Å². The molecule has 1 aliphatic rings. The maximum atomic E-state index is 2.50. The lowest BCUT2D eigenvalue weighted by Gasteiger charge is -2.31. The fraction of sp³-hybridized carbons (Fsp3) is 0.0667. The second-order valence-electron chi connectivity index (χ2n) is 12.6. The van der Waals surface area contributed by atoms with Gasteiger partial charge in [0, 0.05) is 22.2 Å². The Hall–Kier alpha value is -5.66. The normalized spacial score (nSPS) is 12.7. The summed E-state index contributed by atoms with van der Waals surface area (Å²) in [5.41, 5.74) is 15.8. The van der Waals surface area contributed by atoms with Gasteiger partial charge in [-0.1, -0.05) is 159 Å². The Morgan fingerprint density at radius 1 is 0.370 bits per heavy atom. The van der Waals surface area contributed by atoms with E-state index in [-0.39, 0.29) is 5.41 Å². The van der Waals surface area contributed by atoms with Gasteiger partial charge in [0.1, 0.15) is 0 Å². The van der Waals surface area contributed by atoms with Gasteiger partial charge in [0.15, 0.2) is 0 Å². The predicted molar refractivity (Wildman–Crippen MR) is 195 cm³/mol. The van der Waals surface area contributed by atoms with Crippen molar-refractivity contribution in [1.82, 2.24) is 0 Å². The standard InChI is InChI=1S/C45H35N/c1-45(2)40-25-14-12-24-39(40)44-41(45)26-16-28-43(44)46(42-27-15-13-23-38(42)34-21-10-5-11-22-34)37-30-35(32-17-6-3-7-18-32)29-36(31-37)33-19-8-4-9-20-33/h3-31H,1-2H3. The molecule has 0 saturated carbocycles. The Kier molecular flexibility index (Phi) is 6.88. The minimum atomic E-state index is -0.104. The van der Waals surface area contributed by atoms with Gasteiger partial charge in [-0.15, -0.1) is 0 Å². The molecule has 220 valence electrons. The number of benzene rings is 7. The second-order valence-corrected chi connectivity index (χ2v) is 12.6. The van der Waals surface area contributed by atoms with Crippen LogP contribution in [-0.4, -0.2) is 0 Å². The molecule has 0 saturated heterocycles. The Morgan fingerprint density at radius 2 is 0.848 bits per heavy atom. The van der Waals surface area contributed by atoms with Gasteiger partial charge >= 0.3 is 0 Å². The first-order chi connectivity index (χ1) is 22.6. The van der Waals surface area contributed by atoms with Crippen LogP contribution in [-0.2, 0) is 5.41 Å². The lowest BCUT2D eigenvalue weighted by molar-refractivity contribution is 0.660. The highest BCUT2D eigenvalue weighted by molar-refractivity contribution is 5.98. The van der Waals surface area contributed by atoms with Crippen LogP contribution in [0.4, 0.5) is 17.1 Å². The molecule has 1 nitrogen and oxygen atoms in total. The summed E-state index contributed by atoms with van der Waals surface area (Å²) in [6.07, 6.45) is 0. The van der Waals surface area contributed by atoms with E-state index in [1.165, 1.54) is 61.3 Å². The number of anilines is 3. The first-order valence-electron chi connectivity index (χ1n) is 16.0. The van der Waals surface area contributed by atoms with Gasteiger partial charge in [0.05, 0.1) is 11.4 Å².